The van der Waals surface area contributed by atoms with Gasteiger partial charge in [0.15, 0.2) is 0 Å². The van der Waals surface area contributed by atoms with Gasteiger partial charge in [0.25, 0.3) is 0 Å². The van der Waals surface area contributed by atoms with Crippen molar-refractivity contribution < 1.29 is 19.7 Å². The fourth-order valence-electron chi connectivity index (χ4n) is 0.560. The van der Waals surface area contributed by atoms with Crippen molar-refractivity contribution in [3.8, 4) is 0 Å². The summed E-state index contributed by atoms with van der Waals surface area (Å²) >= 11 is 0. The molecule has 0 radical (unpaired) electrons. The summed E-state index contributed by atoms with van der Waals surface area (Å²) in [5.74, 6) is 0. The molecule has 1 atom stereocenters. The van der Waals surface area contributed by atoms with E-state index in [1.54, 1.807) is 0 Å². The summed E-state index contributed by atoms with van der Waals surface area (Å²) in [7, 11) is 0. The minimum Gasteiger partial charge on any atom is -0.394 e. The van der Waals surface area contributed by atoms with Crippen LogP contribution < -0.4 is 0 Å². The quantitative estimate of drug-likeness (QED) is 0.678. The van der Waals surface area contributed by atoms with Crippen molar-refractivity contribution >= 4 is 0 Å². The molecule has 0 rings (SSSR count). The Morgan fingerprint density at radius 1 is 1.14 bits per heavy atom. The molecule has 0 aliphatic carbocycles. The predicted molar refractivity (Wildman–Crippen MR) is 56.3 cm³/mol. The van der Waals surface area contributed by atoms with Gasteiger partial charge in [-0.15, -0.1) is 0 Å². The lowest BCUT2D eigenvalue weighted by Gasteiger charge is -2.10. The molecule has 14 heavy (non-hydrogen) atoms. The van der Waals surface area contributed by atoms with Crippen LogP contribution in [0.5, 0.6) is 0 Å². The topological polar surface area (TPSA) is 58.9 Å². The Morgan fingerprint density at radius 2 is 1.64 bits per heavy atom. The second kappa shape index (κ2) is 12.8. The number of aliphatic hydroxyl groups excluding tert-OH is 2. The van der Waals surface area contributed by atoms with E-state index in [0.29, 0.717) is 0 Å². The van der Waals surface area contributed by atoms with Gasteiger partial charge in [-0.1, -0.05) is 0 Å². The molecular formula is C10H24O4. The molecule has 0 heterocycles. The van der Waals surface area contributed by atoms with Crippen LogP contribution in [0, 0.1) is 0 Å². The highest BCUT2D eigenvalue weighted by Gasteiger charge is 2.01. The first-order valence-electron chi connectivity index (χ1n) is 5.06. The zero-order valence-electron chi connectivity index (χ0n) is 9.69. The Labute approximate surface area is 86.8 Å². The van der Waals surface area contributed by atoms with Crippen LogP contribution in [0.1, 0.15) is 27.7 Å². The van der Waals surface area contributed by atoms with Crippen LogP contribution in [0.4, 0.5) is 0 Å². The van der Waals surface area contributed by atoms with Gasteiger partial charge in [0.2, 0.25) is 0 Å². The maximum atomic E-state index is 8.73. The first kappa shape index (κ1) is 16.3. The molecular weight excluding hydrogens is 184 g/mol. The molecule has 0 aliphatic rings. The molecule has 0 aromatic rings. The number of hydrogen-bond acceptors (Lipinski definition) is 4. The lowest BCUT2D eigenvalue weighted by atomic mass is 10.4. The lowest BCUT2D eigenvalue weighted by molar-refractivity contribution is -0.0167. The first-order valence-corrected chi connectivity index (χ1v) is 5.06. The molecule has 0 spiro atoms. The third-order valence-electron chi connectivity index (χ3n) is 1.24. The SMILES string of the molecule is CC(C)OCC(O)CO.CCOCC. The van der Waals surface area contributed by atoms with Crippen LogP contribution in [0.25, 0.3) is 0 Å². The Morgan fingerprint density at radius 3 is 1.86 bits per heavy atom. The van der Waals surface area contributed by atoms with Gasteiger partial charge < -0.3 is 19.7 Å². The van der Waals surface area contributed by atoms with E-state index in [1.807, 2.05) is 27.7 Å². The van der Waals surface area contributed by atoms with E-state index in [0.717, 1.165) is 13.2 Å². The standard InChI is InChI=1S/C6H14O3.C4H10O/c1-5(2)9-4-6(8)3-7;1-3-5-4-2/h5-8H,3-4H2,1-2H3;3-4H2,1-2H3. The monoisotopic (exact) mass is 208 g/mol. The largest absolute Gasteiger partial charge is 0.394 e. The molecule has 2 N–H and O–H groups in total. The van der Waals surface area contributed by atoms with Gasteiger partial charge in [0.05, 0.1) is 19.3 Å². The normalized spacial score (nSPS) is 12.2. The van der Waals surface area contributed by atoms with Gasteiger partial charge in [0, 0.05) is 13.2 Å². The molecule has 0 fully saturated rings. The molecule has 4 heteroatoms. The van der Waals surface area contributed by atoms with Crippen molar-refractivity contribution in [1.82, 2.24) is 0 Å². The van der Waals surface area contributed by atoms with Gasteiger partial charge in [-0.05, 0) is 27.7 Å². The van der Waals surface area contributed by atoms with Crippen molar-refractivity contribution in [1.29, 1.82) is 0 Å². The van der Waals surface area contributed by atoms with Crippen LogP contribution in [0.15, 0.2) is 0 Å². The van der Waals surface area contributed by atoms with E-state index in [4.69, 9.17) is 19.7 Å². The highest BCUT2D eigenvalue weighted by Crippen LogP contribution is 1.89. The average molecular weight is 208 g/mol. The van der Waals surface area contributed by atoms with Crippen LogP contribution in [-0.2, 0) is 9.47 Å². The Balaban J connectivity index is 0. The van der Waals surface area contributed by atoms with E-state index in [1.165, 1.54) is 0 Å². The smallest absolute Gasteiger partial charge is 0.100 e. The molecule has 0 aromatic carbocycles. The number of rotatable bonds is 6. The predicted octanol–water partition coefficient (Wildman–Crippen LogP) is 0.807. The fourth-order valence-corrected chi connectivity index (χ4v) is 0.560. The van der Waals surface area contributed by atoms with E-state index in [2.05, 4.69) is 0 Å². The Kier molecular flexibility index (Phi) is 14.9. The van der Waals surface area contributed by atoms with E-state index >= 15 is 0 Å². The first-order chi connectivity index (χ1) is 6.58. The molecule has 1 unspecified atom stereocenters. The van der Waals surface area contributed by atoms with Crippen LogP contribution in [0.2, 0.25) is 0 Å². The number of hydrogen-bond donors (Lipinski definition) is 2. The van der Waals surface area contributed by atoms with Gasteiger partial charge in [0.1, 0.15) is 6.10 Å². The minimum atomic E-state index is -0.729. The van der Waals surface area contributed by atoms with Crippen LogP contribution in [0.3, 0.4) is 0 Å². The minimum absolute atomic E-state index is 0.117. The molecule has 0 aliphatic heterocycles. The summed E-state index contributed by atoms with van der Waals surface area (Å²) < 4.78 is 9.82. The summed E-state index contributed by atoms with van der Waals surface area (Å²) in [6.07, 6.45) is -0.612. The summed E-state index contributed by atoms with van der Waals surface area (Å²) in [5, 5.41) is 17.0. The molecule has 0 bridgehead atoms. The highest BCUT2D eigenvalue weighted by molar-refractivity contribution is 4.49. The maximum absolute atomic E-state index is 8.73. The second-order valence-electron chi connectivity index (χ2n) is 3.00. The third kappa shape index (κ3) is 17.8. The molecule has 4 nitrogen and oxygen atoms in total. The van der Waals surface area contributed by atoms with Gasteiger partial charge >= 0.3 is 0 Å². The maximum Gasteiger partial charge on any atom is 0.100 e. The molecule has 0 saturated heterocycles. The fraction of sp³-hybridized carbons (Fsp3) is 1.00. The summed E-state index contributed by atoms with van der Waals surface area (Å²) in [6, 6.07) is 0. The molecule has 0 aromatic heterocycles. The van der Waals surface area contributed by atoms with Crippen molar-refractivity contribution in [2.24, 2.45) is 0 Å². The number of ether oxygens (including phenoxy) is 2. The van der Waals surface area contributed by atoms with Crippen LogP contribution >= 0.6 is 0 Å². The van der Waals surface area contributed by atoms with Crippen molar-refractivity contribution in [2.75, 3.05) is 26.4 Å². The van der Waals surface area contributed by atoms with Crippen molar-refractivity contribution in [2.45, 2.75) is 39.9 Å². The Hall–Kier alpha value is -0.160. The van der Waals surface area contributed by atoms with Crippen LogP contribution in [-0.4, -0.2) is 48.8 Å². The molecule has 0 amide bonds. The zero-order valence-corrected chi connectivity index (χ0v) is 9.69. The van der Waals surface area contributed by atoms with E-state index < -0.39 is 6.10 Å². The lowest BCUT2D eigenvalue weighted by Crippen LogP contribution is -2.21. The molecule has 0 saturated carbocycles. The molecule has 88 valence electrons. The van der Waals surface area contributed by atoms with Gasteiger partial charge in [-0.2, -0.15) is 0 Å². The number of aliphatic hydroxyl groups is 2. The average Bonchev–Trinajstić information content (AvgIpc) is 2.16. The van der Waals surface area contributed by atoms with Crippen molar-refractivity contribution in [3.63, 3.8) is 0 Å². The van der Waals surface area contributed by atoms with E-state index in [-0.39, 0.29) is 19.3 Å². The third-order valence-corrected chi connectivity index (χ3v) is 1.24. The summed E-state index contributed by atoms with van der Waals surface area (Å²) in [6.45, 7) is 9.41. The van der Waals surface area contributed by atoms with Gasteiger partial charge in [-0.25, -0.2) is 0 Å². The van der Waals surface area contributed by atoms with Crippen molar-refractivity contribution in [3.05, 3.63) is 0 Å². The van der Waals surface area contributed by atoms with E-state index in [9.17, 15) is 0 Å². The Bertz CT molecular complexity index is 94.1. The highest BCUT2D eigenvalue weighted by atomic mass is 16.5. The summed E-state index contributed by atoms with van der Waals surface area (Å²) in [5.41, 5.74) is 0. The van der Waals surface area contributed by atoms with Gasteiger partial charge in [-0.3, -0.25) is 0 Å². The zero-order chi connectivity index (χ0) is 11.4. The summed E-state index contributed by atoms with van der Waals surface area (Å²) in [4.78, 5) is 0. The second-order valence-corrected chi connectivity index (χ2v) is 3.00.